The van der Waals surface area contributed by atoms with Crippen LogP contribution in [-0.4, -0.2) is 25.7 Å². The average Bonchev–Trinajstić information content (AvgIpc) is 2.95. The van der Waals surface area contributed by atoms with Gasteiger partial charge in [0.05, 0.1) is 5.69 Å². The van der Waals surface area contributed by atoms with Gasteiger partial charge in [0, 0.05) is 17.8 Å². The summed E-state index contributed by atoms with van der Waals surface area (Å²) in [6.07, 6.45) is 0.911. The first-order valence-electron chi connectivity index (χ1n) is 8.64. The van der Waals surface area contributed by atoms with E-state index in [1.165, 1.54) is 4.68 Å². The molecule has 7 heteroatoms. The van der Waals surface area contributed by atoms with Gasteiger partial charge in [0.15, 0.2) is 5.82 Å². The maximum atomic E-state index is 12.5. The molecule has 0 radical (unpaired) electrons. The Morgan fingerprint density at radius 1 is 1.15 bits per heavy atom. The lowest BCUT2D eigenvalue weighted by molar-refractivity contribution is -0.116. The summed E-state index contributed by atoms with van der Waals surface area (Å²) in [6.45, 7) is 5.44. The fourth-order valence-corrected chi connectivity index (χ4v) is 2.82. The van der Waals surface area contributed by atoms with Crippen LogP contribution in [0.5, 0.6) is 0 Å². The van der Waals surface area contributed by atoms with Gasteiger partial charge in [-0.25, -0.2) is 9.97 Å². The Labute approximate surface area is 157 Å². The normalized spacial score (nSPS) is 10.4. The Bertz CT molecular complexity index is 997. The molecule has 0 saturated heterocycles. The van der Waals surface area contributed by atoms with Crippen molar-refractivity contribution in [2.75, 3.05) is 5.32 Å². The second-order valence-corrected chi connectivity index (χ2v) is 6.32. The molecule has 0 fully saturated rings. The monoisotopic (exact) mass is 360 g/mol. The summed E-state index contributed by atoms with van der Waals surface area (Å²) < 4.78 is 1.42. The van der Waals surface area contributed by atoms with Gasteiger partial charge in [-0.3, -0.25) is 4.79 Å². The van der Waals surface area contributed by atoms with E-state index in [4.69, 9.17) is 0 Å². The van der Waals surface area contributed by atoms with Gasteiger partial charge >= 0.3 is 0 Å². The summed E-state index contributed by atoms with van der Waals surface area (Å²) in [6, 6.07) is 13.7. The van der Waals surface area contributed by atoms with Gasteiger partial charge in [-0.2, -0.15) is 15.0 Å². The zero-order chi connectivity index (χ0) is 19.4. The molecule has 7 nitrogen and oxygen atoms in total. The molecule has 2 heterocycles. The number of aryl methyl sites for hydroxylation is 4. The highest BCUT2D eigenvalue weighted by Gasteiger charge is 2.20. The van der Waals surface area contributed by atoms with Crippen LogP contribution in [-0.2, 0) is 11.2 Å². The molecular formula is C20H20N6O. The van der Waals surface area contributed by atoms with Crippen molar-refractivity contribution >= 4 is 11.7 Å². The molecule has 1 amide bonds. The van der Waals surface area contributed by atoms with Crippen molar-refractivity contribution in [3.05, 3.63) is 64.6 Å². The smallest absolute Gasteiger partial charge is 0.252 e. The minimum absolute atomic E-state index is 0.194. The number of benzene rings is 1. The lowest BCUT2D eigenvalue weighted by Gasteiger charge is -2.09. The van der Waals surface area contributed by atoms with Crippen molar-refractivity contribution in [2.24, 2.45) is 0 Å². The third-order valence-electron chi connectivity index (χ3n) is 4.07. The summed E-state index contributed by atoms with van der Waals surface area (Å²) in [5.74, 6) is 0.439. The zero-order valence-corrected chi connectivity index (χ0v) is 15.5. The quantitative estimate of drug-likeness (QED) is 0.754. The van der Waals surface area contributed by atoms with Crippen LogP contribution in [0.4, 0.5) is 5.82 Å². The number of hydrogen-bond acceptors (Lipinski definition) is 5. The number of nitrogens with zero attached hydrogens (tertiary/aromatic N) is 5. The van der Waals surface area contributed by atoms with Crippen LogP contribution >= 0.6 is 0 Å². The van der Waals surface area contributed by atoms with Crippen molar-refractivity contribution in [1.82, 2.24) is 19.7 Å². The van der Waals surface area contributed by atoms with Crippen molar-refractivity contribution in [1.29, 1.82) is 5.26 Å². The van der Waals surface area contributed by atoms with Crippen molar-refractivity contribution in [2.45, 2.75) is 33.6 Å². The van der Waals surface area contributed by atoms with E-state index in [1.807, 2.05) is 50.2 Å². The molecule has 0 unspecified atom stereocenters. The first-order chi connectivity index (χ1) is 13.0. The predicted octanol–water partition coefficient (Wildman–Crippen LogP) is 3.03. The van der Waals surface area contributed by atoms with E-state index < -0.39 is 0 Å². The molecule has 0 aliphatic heterocycles. The second-order valence-electron chi connectivity index (χ2n) is 6.32. The van der Waals surface area contributed by atoms with Crippen LogP contribution in [0.3, 0.4) is 0 Å². The summed E-state index contributed by atoms with van der Waals surface area (Å²) in [5, 5.41) is 16.7. The fourth-order valence-electron chi connectivity index (χ4n) is 2.82. The Morgan fingerprint density at radius 2 is 1.81 bits per heavy atom. The molecular weight excluding hydrogens is 340 g/mol. The molecule has 2 aromatic heterocycles. The van der Waals surface area contributed by atoms with E-state index in [0.29, 0.717) is 35.9 Å². The van der Waals surface area contributed by atoms with E-state index in [0.717, 1.165) is 17.0 Å². The van der Waals surface area contributed by atoms with E-state index in [-0.39, 0.29) is 5.91 Å². The van der Waals surface area contributed by atoms with Crippen molar-refractivity contribution in [3.63, 3.8) is 0 Å². The Balaban J connectivity index is 1.88. The largest absolute Gasteiger partial charge is 0.309 e. The van der Waals surface area contributed by atoms with Gasteiger partial charge in [-0.05, 0) is 38.8 Å². The average molecular weight is 360 g/mol. The predicted molar refractivity (Wildman–Crippen MR) is 101 cm³/mol. The molecule has 27 heavy (non-hydrogen) atoms. The van der Waals surface area contributed by atoms with Crippen molar-refractivity contribution in [3.8, 4) is 12.0 Å². The molecule has 1 N–H and O–H groups in total. The number of nitrogens with one attached hydrogen (secondary N) is 1. The Kier molecular flexibility index (Phi) is 5.27. The molecule has 0 aliphatic carbocycles. The molecule has 136 valence electrons. The standard InChI is InChI=1S/C20H20N6O/c1-13-11-14(2)23-20(22-13)26-19(17(12-21)15(3)25-26)24-18(27)10-9-16-7-5-4-6-8-16/h4-8,11H,9-10H2,1-3H3,(H,24,27). The first kappa shape index (κ1) is 18.3. The van der Waals surface area contributed by atoms with Gasteiger partial charge in [-0.15, -0.1) is 0 Å². The SMILES string of the molecule is Cc1cc(C)nc(-n2nc(C)c(C#N)c2NC(=O)CCc2ccccc2)n1. The highest BCUT2D eigenvalue weighted by Crippen LogP contribution is 2.22. The molecule has 0 bridgehead atoms. The van der Waals surface area contributed by atoms with Gasteiger partial charge < -0.3 is 5.32 Å². The number of rotatable bonds is 5. The number of nitriles is 1. The van der Waals surface area contributed by atoms with Crippen LogP contribution in [0.2, 0.25) is 0 Å². The highest BCUT2D eigenvalue weighted by molar-refractivity contribution is 5.91. The third-order valence-corrected chi connectivity index (χ3v) is 4.07. The van der Waals surface area contributed by atoms with Crippen LogP contribution in [0.15, 0.2) is 36.4 Å². The maximum Gasteiger partial charge on any atom is 0.252 e. The lowest BCUT2D eigenvalue weighted by atomic mass is 10.1. The van der Waals surface area contributed by atoms with E-state index in [2.05, 4.69) is 26.5 Å². The van der Waals surface area contributed by atoms with Crippen LogP contribution in [0.1, 0.15) is 34.6 Å². The number of amides is 1. The molecule has 1 aromatic carbocycles. The minimum atomic E-state index is -0.194. The molecule has 0 atom stereocenters. The highest BCUT2D eigenvalue weighted by atomic mass is 16.1. The first-order valence-corrected chi connectivity index (χ1v) is 8.64. The topological polar surface area (TPSA) is 96.5 Å². The maximum absolute atomic E-state index is 12.5. The lowest BCUT2D eigenvalue weighted by Crippen LogP contribution is -2.17. The summed E-state index contributed by atoms with van der Waals surface area (Å²) >= 11 is 0. The Morgan fingerprint density at radius 3 is 2.44 bits per heavy atom. The molecule has 3 rings (SSSR count). The number of aromatic nitrogens is 4. The van der Waals surface area contributed by atoms with Crippen LogP contribution < -0.4 is 5.32 Å². The molecule has 0 saturated carbocycles. The van der Waals surface area contributed by atoms with Gasteiger partial charge in [0.25, 0.3) is 5.95 Å². The molecule has 3 aromatic rings. The second kappa shape index (κ2) is 7.79. The van der Waals surface area contributed by atoms with Gasteiger partial charge in [0.1, 0.15) is 11.6 Å². The van der Waals surface area contributed by atoms with Crippen LogP contribution in [0, 0.1) is 32.1 Å². The van der Waals surface area contributed by atoms with E-state index in [1.54, 1.807) is 6.92 Å². The van der Waals surface area contributed by atoms with E-state index >= 15 is 0 Å². The summed E-state index contributed by atoms with van der Waals surface area (Å²) in [7, 11) is 0. The van der Waals surface area contributed by atoms with Crippen molar-refractivity contribution < 1.29 is 4.79 Å². The summed E-state index contributed by atoms with van der Waals surface area (Å²) in [5.41, 5.74) is 3.47. The minimum Gasteiger partial charge on any atom is -0.309 e. The van der Waals surface area contributed by atoms with Gasteiger partial charge in [-0.1, -0.05) is 30.3 Å². The number of carbonyl (C=O) groups is 1. The Hall–Kier alpha value is -3.53. The zero-order valence-electron chi connectivity index (χ0n) is 15.5. The number of carbonyl (C=O) groups excluding carboxylic acids is 1. The van der Waals surface area contributed by atoms with Crippen LogP contribution in [0.25, 0.3) is 5.95 Å². The third kappa shape index (κ3) is 4.18. The van der Waals surface area contributed by atoms with E-state index in [9.17, 15) is 10.1 Å². The molecule has 0 spiro atoms. The number of hydrogen-bond donors (Lipinski definition) is 1. The number of anilines is 1. The fraction of sp³-hybridized carbons (Fsp3) is 0.250. The summed E-state index contributed by atoms with van der Waals surface area (Å²) in [4.78, 5) is 21.2. The molecule has 0 aliphatic rings. The van der Waals surface area contributed by atoms with Gasteiger partial charge in [0.2, 0.25) is 5.91 Å².